The molecule has 5 nitrogen and oxygen atoms in total. The molecule has 0 bridgehead atoms. The molecule has 1 aliphatic carbocycles. The number of hydrogen-bond acceptors (Lipinski definition) is 4. The van der Waals surface area contributed by atoms with Crippen LogP contribution in [0.1, 0.15) is 66.7 Å². The molecule has 0 spiro atoms. The van der Waals surface area contributed by atoms with E-state index in [4.69, 9.17) is 4.74 Å². The molecule has 2 aliphatic rings. The van der Waals surface area contributed by atoms with Gasteiger partial charge in [0, 0.05) is 18.5 Å². The molecule has 23 heavy (non-hydrogen) atoms. The average Bonchev–Trinajstić information content (AvgIpc) is 2.87. The molecule has 1 unspecified atom stereocenters. The zero-order valence-corrected chi connectivity index (χ0v) is 15.3. The molecule has 0 radical (unpaired) electrons. The summed E-state index contributed by atoms with van der Waals surface area (Å²) in [4.78, 5) is 13.9. The first-order valence-electron chi connectivity index (χ1n) is 8.73. The highest BCUT2D eigenvalue weighted by molar-refractivity contribution is 5.68. The molecular weight excluding hydrogens is 294 g/mol. The molecule has 1 saturated heterocycles. The van der Waals surface area contributed by atoms with Crippen LogP contribution in [0.2, 0.25) is 0 Å². The highest BCUT2D eigenvalue weighted by Gasteiger charge is 2.56. The van der Waals surface area contributed by atoms with Gasteiger partial charge in [-0.1, -0.05) is 13.8 Å². The lowest BCUT2D eigenvalue weighted by Crippen LogP contribution is -2.55. The third-order valence-corrected chi connectivity index (χ3v) is 5.73. The van der Waals surface area contributed by atoms with Crippen LogP contribution in [0.5, 0.6) is 0 Å². The normalized spacial score (nSPS) is 30.3. The van der Waals surface area contributed by atoms with Gasteiger partial charge in [0.25, 0.3) is 0 Å². The molecule has 2 rings (SSSR count). The fraction of sp³-hybridized carbons (Fsp3) is 0.944. The number of carbonyl (C=O) groups excluding carboxylic acids is 1. The molecule has 1 amide bonds. The molecule has 0 aromatic heterocycles. The van der Waals surface area contributed by atoms with Crippen molar-refractivity contribution in [1.29, 1.82) is 0 Å². The second kappa shape index (κ2) is 5.92. The topological polar surface area (TPSA) is 70.0 Å². The van der Waals surface area contributed by atoms with E-state index in [1.54, 1.807) is 4.90 Å². The van der Waals surface area contributed by atoms with Gasteiger partial charge in [-0.2, -0.15) is 0 Å². The van der Waals surface area contributed by atoms with Crippen molar-refractivity contribution < 1.29 is 19.7 Å². The van der Waals surface area contributed by atoms with Crippen LogP contribution in [-0.2, 0) is 4.74 Å². The number of amides is 1. The maximum atomic E-state index is 12.3. The lowest BCUT2D eigenvalue weighted by molar-refractivity contribution is -0.138. The monoisotopic (exact) mass is 327 g/mol. The highest BCUT2D eigenvalue weighted by Crippen LogP contribution is 2.51. The smallest absolute Gasteiger partial charge is 0.410 e. The molecule has 2 N–H and O–H groups in total. The van der Waals surface area contributed by atoms with Crippen LogP contribution in [-0.4, -0.2) is 52.1 Å². The summed E-state index contributed by atoms with van der Waals surface area (Å²) in [7, 11) is 0. The summed E-state index contributed by atoms with van der Waals surface area (Å²) in [5.74, 6) is 0. The Morgan fingerprint density at radius 2 is 1.70 bits per heavy atom. The Bertz CT molecular complexity index is 444. The zero-order valence-electron chi connectivity index (χ0n) is 15.3. The van der Waals surface area contributed by atoms with E-state index in [0.29, 0.717) is 32.4 Å². The van der Waals surface area contributed by atoms with E-state index in [9.17, 15) is 15.0 Å². The van der Waals surface area contributed by atoms with Crippen LogP contribution in [0.25, 0.3) is 0 Å². The molecule has 5 heteroatoms. The van der Waals surface area contributed by atoms with E-state index in [1.807, 2.05) is 20.8 Å². The van der Waals surface area contributed by atoms with Crippen molar-refractivity contribution in [3.05, 3.63) is 0 Å². The minimum absolute atomic E-state index is 0.0940. The van der Waals surface area contributed by atoms with Gasteiger partial charge >= 0.3 is 6.09 Å². The van der Waals surface area contributed by atoms with Gasteiger partial charge < -0.3 is 19.8 Å². The maximum absolute atomic E-state index is 12.3. The number of carbonyl (C=O) groups is 1. The fourth-order valence-corrected chi connectivity index (χ4v) is 3.88. The van der Waals surface area contributed by atoms with Gasteiger partial charge in [0.15, 0.2) is 0 Å². The lowest BCUT2D eigenvalue weighted by Gasteiger charge is -2.49. The van der Waals surface area contributed by atoms with Crippen molar-refractivity contribution in [1.82, 2.24) is 4.90 Å². The van der Waals surface area contributed by atoms with Crippen LogP contribution < -0.4 is 0 Å². The molecule has 2 fully saturated rings. The van der Waals surface area contributed by atoms with Gasteiger partial charge in [-0.25, -0.2) is 4.79 Å². The quantitative estimate of drug-likeness (QED) is 0.818. The molecular formula is C18H33NO4. The minimum atomic E-state index is -0.895. The first-order chi connectivity index (χ1) is 10.4. The molecule has 1 heterocycles. The Morgan fingerprint density at radius 3 is 2.17 bits per heavy atom. The van der Waals surface area contributed by atoms with Crippen molar-refractivity contribution in [3.63, 3.8) is 0 Å². The number of likely N-dealkylation sites (tertiary alicyclic amines) is 1. The Balaban J connectivity index is 2.10. The molecule has 1 saturated carbocycles. The summed E-state index contributed by atoms with van der Waals surface area (Å²) < 4.78 is 5.44. The molecule has 0 aromatic rings. The number of nitrogens with zero attached hydrogens (tertiary/aromatic N) is 1. The van der Waals surface area contributed by atoms with E-state index in [-0.39, 0.29) is 18.1 Å². The molecule has 1 atom stereocenters. The fourth-order valence-electron chi connectivity index (χ4n) is 3.88. The third kappa shape index (κ3) is 3.82. The van der Waals surface area contributed by atoms with Gasteiger partial charge in [-0.15, -0.1) is 0 Å². The van der Waals surface area contributed by atoms with Gasteiger partial charge in [0.2, 0.25) is 0 Å². The Labute approximate surface area is 140 Å². The van der Waals surface area contributed by atoms with Crippen LogP contribution >= 0.6 is 0 Å². The Morgan fingerprint density at radius 1 is 1.13 bits per heavy atom. The van der Waals surface area contributed by atoms with Crippen molar-refractivity contribution in [2.24, 2.45) is 10.8 Å². The lowest BCUT2D eigenvalue weighted by atomic mass is 9.60. The van der Waals surface area contributed by atoms with E-state index >= 15 is 0 Å². The summed E-state index contributed by atoms with van der Waals surface area (Å²) in [6.07, 6.45) is 3.52. The van der Waals surface area contributed by atoms with E-state index < -0.39 is 16.6 Å². The molecule has 0 aromatic carbocycles. The van der Waals surface area contributed by atoms with E-state index in [1.165, 1.54) is 0 Å². The second-order valence-electron chi connectivity index (χ2n) is 9.29. The van der Waals surface area contributed by atoms with Crippen LogP contribution in [0.4, 0.5) is 4.79 Å². The Hall–Kier alpha value is -0.810. The van der Waals surface area contributed by atoms with Gasteiger partial charge in [0.05, 0.1) is 12.2 Å². The summed E-state index contributed by atoms with van der Waals surface area (Å²) in [6, 6.07) is 0. The van der Waals surface area contributed by atoms with Gasteiger partial charge in [0.1, 0.15) is 5.60 Å². The zero-order chi connectivity index (χ0) is 17.5. The standard InChI is InChI=1S/C18H33NO4/c1-15(2,3)23-14(21)19-11-10-17(12-19,13-20)18(22)8-6-16(4,5)7-9-18/h20,22H,6-13H2,1-5H3. The van der Waals surface area contributed by atoms with Gasteiger partial charge in [-0.3, -0.25) is 0 Å². The number of aliphatic hydroxyl groups is 2. The summed E-state index contributed by atoms with van der Waals surface area (Å²) in [6.45, 7) is 10.8. The second-order valence-corrected chi connectivity index (χ2v) is 9.29. The number of aliphatic hydroxyl groups excluding tert-OH is 1. The first-order valence-corrected chi connectivity index (χ1v) is 8.73. The predicted molar refractivity (Wildman–Crippen MR) is 89.1 cm³/mol. The summed E-state index contributed by atoms with van der Waals surface area (Å²) in [5, 5.41) is 21.3. The maximum Gasteiger partial charge on any atom is 0.410 e. The van der Waals surface area contributed by atoms with Crippen molar-refractivity contribution in [2.75, 3.05) is 19.7 Å². The van der Waals surface area contributed by atoms with Gasteiger partial charge in [-0.05, 0) is 58.3 Å². The van der Waals surface area contributed by atoms with Crippen LogP contribution in [0, 0.1) is 10.8 Å². The SMILES string of the molecule is CC1(C)CCC(O)(C2(CO)CCN(C(=O)OC(C)(C)C)C2)CC1. The number of ether oxygens (including phenoxy) is 1. The predicted octanol–water partition coefficient (Wildman–Crippen LogP) is 2.94. The summed E-state index contributed by atoms with van der Waals surface area (Å²) in [5.41, 5.74) is -1.81. The highest BCUT2D eigenvalue weighted by atomic mass is 16.6. The molecule has 134 valence electrons. The third-order valence-electron chi connectivity index (χ3n) is 5.73. The van der Waals surface area contributed by atoms with E-state index in [2.05, 4.69) is 13.8 Å². The van der Waals surface area contributed by atoms with E-state index in [0.717, 1.165) is 12.8 Å². The van der Waals surface area contributed by atoms with Crippen molar-refractivity contribution in [2.45, 2.75) is 77.9 Å². The van der Waals surface area contributed by atoms with Crippen LogP contribution in [0.15, 0.2) is 0 Å². The molecule has 1 aliphatic heterocycles. The number of rotatable bonds is 2. The number of hydrogen-bond donors (Lipinski definition) is 2. The Kier molecular flexibility index (Phi) is 4.77. The van der Waals surface area contributed by atoms with Crippen molar-refractivity contribution in [3.8, 4) is 0 Å². The average molecular weight is 327 g/mol. The van der Waals surface area contributed by atoms with Crippen molar-refractivity contribution >= 4 is 6.09 Å². The summed E-state index contributed by atoms with van der Waals surface area (Å²) >= 11 is 0. The first kappa shape index (κ1) is 18.5. The minimum Gasteiger partial charge on any atom is -0.444 e. The van der Waals surface area contributed by atoms with Crippen LogP contribution in [0.3, 0.4) is 0 Å². The largest absolute Gasteiger partial charge is 0.444 e.